The highest BCUT2D eigenvalue weighted by Gasteiger charge is 2.17. The van der Waals surface area contributed by atoms with Gasteiger partial charge in [0.1, 0.15) is 9.84 Å². The van der Waals surface area contributed by atoms with Crippen LogP contribution in [0.2, 0.25) is 0 Å². The summed E-state index contributed by atoms with van der Waals surface area (Å²) in [4.78, 5) is 0. The van der Waals surface area contributed by atoms with Gasteiger partial charge in [-0.05, 0) is 33.6 Å². The predicted octanol–water partition coefficient (Wildman–Crippen LogP) is 1.73. The molecule has 0 saturated heterocycles. The van der Waals surface area contributed by atoms with Crippen molar-refractivity contribution < 1.29 is 17.9 Å². The normalized spacial score (nSPS) is 13.2. The van der Waals surface area contributed by atoms with Gasteiger partial charge in [-0.25, -0.2) is 8.42 Å². The van der Waals surface area contributed by atoms with Gasteiger partial charge in [-0.1, -0.05) is 0 Å². The van der Waals surface area contributed by atoms with E-state index in [2.05, 4.69) is 21.2 Å². The Hall–Kier alpha value is -0.500. The number of hydrogen-bond donors (Lipinski definition) is 1. The van der Waals surface area contributed by atoms with Gasteiger partial charge in [-0.15, -0.1) is 12.4 Å². The molecule has 19 heavy (non-hydrogen) atoms. The topological polar surface area (TPSA) is 64.6 Å². The van der Waals surface area contributed by atoms with Crippen LogP contribution in [0.15, 0.2) is 16.6 Å². The largest absolute Gasteiger partial charge is 0.454 e. The second-order valence-corrected chi connectivity index (χ2v) is 7.23. The number of ether oxygens (including phenoxy) is 2. The van der Waals surface area contributed by atoms with E-state index in [0.717, 1.165) is 15.8 Å². The maximum absolute atomic E-state index is 11.0. The number of hydrogen-bond acceptors (Lipinski definition) is 5. The second kappa shape index (κ2) is 6.78. The first-order valence-corrected chi connectivity index (χ1v) is 8.27. The van der Waals surface area contributed by atoms with Gasteiger partial charge in [0.05, 0.1) is 10.2 Å². The Labute approximate surface area is 127 Å². The molecule has 1 aliphatic rings. The molecule has 0 aliphatic carbocycles. The van der Waals surface area contributed by atoms with E-state index in [4.69, 9.17) is 9.47 Å². The highest BCUT2D eigenvalue weighted by molar-refractivity contribution is 9.10. The van der Waals surface area contributed by atoms with Crippen molar-refractivity contribution in [3.8, 4) is 11.5 Å². The molecule has 0 bridgehead atoms. The van der Waals surface area contributed by atoms with Crippen molar-refractivity contribution in [2.45, 2.75) is 6.54 Å². The van der Waals surface area contributed by atoms with Crippen LogP contribution in [0.1, 0.15) is 5.56 Å². The quantitative estimate of drug-likeness (QED) is 0.798. The van der Waals surface area contributed by atoms with Crippen molar-refractivity contribution in [1.29, 1.82) is 0 Å². The first kappa shape index (κ1) is 16.6. The summed E-state index contributed by atoms with van der Waals surface area (Å²) < 4.78 is 33.4. The third-order valence-corrected chi connectivity index (χ3v) is 4.00. The lowest BCUT2D eigenvalue weighted by Gasteiger charge is -2.06. The summed E-state index contributed by atoms with van der Waals surface area (Å²) in [6.07, 6.45) is 1.23. The summed E-state index contributed by atoms with van der Waals surface area (Å²) in [6, 6.07) is 3.82. The van der Waals surface area contributed by atoms with Gasteiger partial charge in [0, 0.05) is 19.3 Å². The fourth-order valence-electron chi connectivity index (χ4n) is 1.61. The zero-order chi connectivity index (χ0) is 13.2. The van der Waals surface area contributed by atoms with Crippen molar-refractivity contribution in [1.82, 2.24) is 5.32 Å². The highest BCUT2D eigenvalue weighted by Crippen LogP contribution is 2.39. The molecule has 1 aromatic rings. The monoisotopic (exact) mass is 371 g/mol. The van der Waals surface area contributed by atoms with Crippen LogP contribution in [0.3, 0.4) is 0 Å². The molecule has 108 valence electrons. The molecule has 8 heteroatoms. The number of fused-ring (bicyclic) bond motifs is 1. The van der Waals surface area contributed by atoms with E-state index in [9.17, 15) is 8.42 Å². The van der Waals surface area contributed by atoms with Crippen LogP contribution in [-0.4, -0.2) is 33.8 Å². The summed E-state index contributed by atoms with van der Waals surface area (Å²) in [5.74, 6) is 1.57. The van der Waals surface area contributed by atoms with Crippen molar-refractivity contribution in [3.63, 3.8) is 0 Å². The Balaban J connectivity index is 0.00000180. The van der Waals surface area contributed by atoms with Gasteiger partial charge in [-0.2, -0.15) is 0 Å². The molecular weight excluding hydrogens is 358 g/mol. The van der Waals surface area contributed by atoms with Crippen LogP contribution >= 0.6 is 28.3 Å². The van der Waals surface area contributed by atoms with E-state index in [1.807, 2.05) is 12.1 Å². The minimum absolute atomic E-state index is 0. The lowest BCUT2D eigenvalue weighted by molar-refractivity contribution is 0.173. The van der Waals surface area contributed by atoms with Crippen LogP contribution in [0.25, 0.3) is 0 Å². The van der Waals surface area contributed by atoms with Gasteiger partial charge in [0.15, 0.2) is 11.5 Å². The Morgan fingerprint density at radius 1 is 1.37 bits per heavy atom. The second-order valence-electron chi connectivity index (χ2n) is 4.12. The van der Waals surface area contributed by atoms with Crippen LogP contribution in [0.4, 0.5) is 0 Å². The Bertz CT molecular complexity index is 550. The number of benzene rings is 1. The molecule has 1 N–H and O–H groups in total. The zero-order valence-electron chi connectivity index (χ0n) is 10.3. The first-order valence-electron chi connectivity index (χ1n) is 5.42. The van der Waals surface area contributed by atoms with E-state index < -0.39 is 9.84 Å². The molecule has 0 unspecified atom stereocenters. The Kier molecular flexibility index (Phi) is 5.91. The van der Waals surface area contributed by atoms with Crippen LogP contribution < -0.4 is 14.8 Å². The van der Waals surface area contributed by atoms with E-state index in [0.29, 0.717) is 18.8 Å². The summed E-state index contributed by atoms with van der Waals surface area (Å²) in [5.41, 5.74) is 1.01. The van der Waals surface area contributed by atoms with Crippen molar-refractivity contribution in [3.05, 3.63) is 22.2 Å². The molecule has 0 saturated carbocycles. The number of nitrogens with one attached hydrogen (secondary N) is 1. The molecular formula is C11H15BrClNO4S. The molecule has 1 aromatic carbocycles. The number of sulfone groups is 1. The van der Waals surface area contributed by atoms with E-state index in [1.54, 1.807) is 0 Å². The Morgan fingerprint density at radius 3 is 2.79 bits per heavy atom. The van der Waals surface area contributed by atoms with Gasteiger partial charge >= 0.3 is 0 Å². The van der Waals surface area contributed by atoms with Gasteiger partial charge in [0.25, 0.3) is 0 Å². The average molecular weight is 373 g/mol. The van der Waals surface area contributed by atoms with Crippen LogP contribution in [0, 0.1) is 0 Å². The zero-order valence-corrected chi connectivity index (χ0v) is 13.5. The minimum Gasteiger partial charge on any atom is -0.454 e. The van der Waals surface area contributed by atoms with Crippen LogP contribution in [0.5, 0.6) is 11.5 Å². The molecule has 1 aliphatic heterocycles. The summed E-state index contributed by atoms with van der Waals surface area (Å²) in [5, 5.41) is 3.08. The predicted molar refractivity (Wildman–Crippen MR) is 78.9 cm³/mol. The summed E-state index contributed by atoms with van der Waals surface area (Å²) in [7, 11) is -2.91. The SMILES string of the molecule is CS(=O)(=O)CCNCc1cc(Br)c2c(c1)OCO2.Cl. The lowest BCUT2D eigenvalue weighted by Crippen LogP contribution is -2.21. The molecule has 0 fully saturated rings. The summed E-state index contributed by atoms with van der Waals surface area (Å²) in [6.45, 7) is 1.26. The molecule has 0 spiro atoms. The highest BCUT2D eigenvalue weighted by atomic mass is 79.9. The van der Waals surface area contributed by atoms with E-state index in [1.165, 1.54) is 6.26 Å². The van der Waals surface area contributed by atoms with E-state index >= 15 is 0 Å². The lowest BCUT2D eigenvalue weighted by atomic mass is 10.2. The molecule has 0 aromatic heterocycles. The summed E-state index contributed by atoms with van der Waals surface area (Å²) >= 11 is 3.41. The van der Waals surface area contributed by atoms with Crippen molar-refractivity contribution in [2.75, 3.05) is 25.3 Å². The first-order chi connectivity index (χ1) is 8.46. The number of rotatable bonds is 5. The average Bonchev–Trinajstić information content (AvgIpc) is 2.71. The van der Waals surface area contributed by atoms with Crippen molar-refractivity contribution >= 4 is 38.2 Å². The third-order valence-electron chi connectivity index (χ3n) is 2.47. The van der Waals surface area contributed by atoms with Crippen LogP contribution in [-0.2, 0) is 16.4 Å². The van der Waals surface area contributed by atoms with E-state index in [-0.39, 0.29) is 25.0 Å². The maximum atomic E-state index is 11.0. The Morgan fingerprint density at radius 2 is 2.11 bits per heavy atom. The number of halogens is 2. The molecule has 0 radical (unpaired) electrons. The fraction of sp³-hybridized carbons (Fsp3) is 0.455. The minimum atomic E-state index is -2.91. The fourth-order valence-corrected chi connectivity index (χ4v) is 2.73. The third kappa shape index (κ3) is 4.83. The van der Waals surface area contributed by atoms with Gasteiger partial charge in [0.2, 0.25) is 6.79 Å². The molecule has 0 amide bonds. The van der Waals surface area contributed by atoms with Gasteiger partial charge < -0.3 is 14.8 Å². The molecule has 1 heterocycles. The maximum Gasteiger partial charge on any atom is 0.231 e. The molecule has 2 rings (SSSR count). The standard InChI is InChI=1S/C11H14BrNO4S.ClH/c1-18(14,15)3-2-13-6-8-4-9(12)11-10(5-8)16-7-17-11;/h4-5,13H,2-3,6-7H2,1H3;1H. The smallest absolute Gasteiger partial charge is 0.231 e. The molecule has 5 nitrogen and oxygen atoms in total. The van der Waals surface area contributed by atoms with Crippen molar-refractivity contribution in [2.24, 2.45) is 0 Å². The molecule has 0 atom stereocenters. The van der Waals surface area contributed by atoms with Gasteiger partial charge in [-0.3, -0.25) is 0 Å².